The van der Waals surface area contributed by atoms with Crippen LogP contribution in [0.15, 0.2) is 0 Å². The van der Waals surface area contributed by atoms with Gasteiger partial charge < -0.3 is 4.90 Å². The first kappa shape index (κ1) is 11.4. The third kappa shape index (κ3) is 1.49. The van der Waals surface area contributed by atoms with E-state index >= 15 is 0 Å². The van der Waals surface area contributed by atoms with Gasteiger partial charge in [0.05, 0.1) is 5.92 Å². The summed E-state index contributed by atoms with van der Waals surface area (Å²) in [7, 11) is 0. The largest absolute Gasteiger partial charge is 0.334 e. The quantitative estimate of drug-likeness (QED) is 0.298. The fourth-order valence-electron chi connectivity index (χ4n) is 3.10. The van der Waals surface area contributed by atoms with Crippen molar-refractivity contribution in [1.82, 2.24) is 4.90 Å². The summed E-state index contributed by atoms with van der Waals surface area (Å²) in [4.78, 5) is 23.5. The summed E-state index contributed by atoms with van der Waals surface area (Å²) in [6, 6.07) is -0.156. The SMILES string of the molecule is CCCCC[C@@H]1N(C=O)C[C@H]2C[C@]21[N+](=O)[O-]. The molecule has 0 aromatic rings. The first-order valence-corrected chi connectivity index (χ1v) is 6.02. The molecule has 1 heterocycles. The van der Waals surface area contributed by atoms with Crippen molar-refractivity contribution in [2.24, 2.45) is 5.92 Å². The third-order valence-corrected chi connectivity index (χ3v) is 4.09. The Balaban J connectivity index is 2.04. The van der Waals surface area contributed by atoms with E-state index in [4.69, 9.17) is 0 Å². The molecule has 2 rings (SSSR count). The molecular formula is C11H18N2O3. The molecule has 1 saturated carbocycles. The zero-order valence-electron chi connectivity index (χ0n) is 9.59. The second kappa shape index (κ2) is 4.03. The average Bonchev–Trinajstić information content (AvgIpc) is 2.91. The zero-order valence-corrected chi connectivity index (χ0v) is 9.59. The molecule has 90 valence electrons. The van der Waals surface area contributed by atoms with E-state index in [0.717, 1.165) is 32.1 Å². The van der Waals surface area contributed by atoms with Crippen LogP contribution in [0.1, 0.15) is 39.0 Å². The number of unbranched alkanes of at least 4 members (excludes halogenated alkanes) is 2. The van der Waals surface area contributed by atoms with E-state index < -0.39 is 5.54 Å². The Labute approximate surface area is 95.0 Å². The van der Waals surface area contributed by atoms with Gasteiger partial charge in [-0.15, -0.1) is 0 Å². The summed E-state index contributed by atoms with van der Waals surface area (Å²) in [6.45, 7) is 2.69. The van der Waals surface area contributed by atoms with Gasteiger partial charge in [-0.25, -0.2) is 0 Å². The first-order chi connectivity index (χ1) is 7.66. The molecule has 5 nitrogen and oxygen atoms in total. The first-order valence-electron chi connectivity index (χ1n) is 6.02. The predicted octanol–water partition coefficient (Wildman–Crippen LogP) is 1.44. The molecular weight excluding hydrogens is 208 g/mol. The number of fused-ring (bicyclic) bond motifs is 1. The standard InChI is InChI=1S/C11H18N2O3/c1-2-3-4-5-10-11(13(15)16)6-9(11)7-12(10)8-14/h8-10H,2-7H2,1H3/t9-,10+,11+/m1/s1. The number of hydrogen-bond donors (Lipinski definition) is 0. The highest BCUT2D eigenvalue weighted by molar-refractivity contribution is 5.51. The van der Waals surface area contributed by atoms with Gasteiger partial charge in [-0.1, -0.05) is 26.2 Å². The molecule has 2 fully saturated rings. The second-order valence-electron chi connectivity index (χ2n) is 4.96. The van der Waals surface area contributed by atoms with Gasteiger partial charge in [0.25, 0.3) is 0 Å². The van der Waals surface area contributed by atoms with Crippen molar-refractivity contribution >= 4 is 6.41 Å². The lowest BCUT2D eigenvalue weighted by Crippen LogP contribution is -2.43. The number of carbonyl (C=O) groups is 1. The molecule has 0 bridgehead atoms. The predicted molar refractivity (Wildman–Crippen MR) is 58.5 cm³/mol. The van der Waals surface area contributed by atoms with Crippen LogP contribution in [-0.2, 0) is 4.79 Å². The third-order valence-electron chi connectivity index (χ3n) is 4.09. The highest BCUT2D eigenvalue weighted by Crippen LogP contribution is 2.56. The second-order valence-corrected chi connectivity index (χ2v) is 4.96. The molecule has 0 spiro atoms. The lowest BCUT2D eigenvalue weighted by Gasteiger charge is -2.24. The van der Waals surface area contributed by atoms with Gasteiger partial charge in [0, 0.05) is 17.9 Å². The summed E-state index contributed by atoms with van der Waals surface area (Å²) in [5.41, 5.74) is -0.783. The van der Waals surface area contributed by atoms with E-state index in [2.05, 4.69) is 6.92 Å². The molecule has 0 aromatic carbocycles. The van der Waals surface area contributed by atoms with Gasteiger partial charge in [-0.2, -0.15) is 0 Å². The van der Waals surface area contributed by atoms with Crippen molar-refractivity contribution in [2.75, 3.05) is 6.54 Å². The Bertz CT molecular complexity index is 308. The van der Waals surface area contributed by atoms with Gasteiger partial charge in [-0.05, 0) is 6.42 Å². The Morgan fingerprint density at radius 2 is 2.31 bits per heavy atom. The van der Waals surface area contributed by atoms with E-state index in [-0.39, 0.29) is 16.9 Å². The number of likely N-dealkylation sites (tertiary alicyclic amines) is 1. The summed E-state index contributed by atoms with van der Waals surface area (Å²) in [5.74, 6) is 0.110. The highest BCUT2D eigenvalue weighted by Gasteiger charge is 2.76. The summed E-state index contributed by atoms with van der Waals surface area (Å²) in [5, 5.41) is 11.1. The number of amides is 1. The Hall–Kier alpha value is -1.13. The van der Waals surface area contributed by atoms with Crippen molar-refractivity contribution < 1.29 is 9.72 Å². The highest BCUT2D eigenvalue weighted by atomic mass is 16.6. The number of nitrogens with zero attached hydrogens (tertiary/aromatic N) is 2. The van der Waals surface area contributed by atoms with Crippen LogP contribution >= 0.6 is 0 Å². The molecule has 5 heteroatoms. The maximum absolute atomic E-state index is 11.1. The van der Waals surface area contributed by atoms with Crippen LogP contribution in [0, 0.1) is 16.0 Å². The number of rotatable bonds is 6. The van der Waals surface area contributed by atoms with Gasteiger partial charge in [0.15, 0.2) is 0 Å². The fourth-order valence-corrected chi connectivity index (χ4v) is 3.10. The van der Waals surface area contributed by atoms with E-state index in [1.165, 1.54) is 0 Å². The smallest absolute Gasteiger partial charge is 0.247 e. The van der Waals surface area contributed by atoms with Gasteiger partial charge in [0.2, 0.25) is 11.9 Å². The molecule has 0 aromatic heterocycles. The Morgan fingerprint density at radius 3 is 2.88 bits per heavy atom. The van der Waals surface area contributed by atoms with Crippen molar-refractivity contribution in [2.45, 2.75) is 50.6 Å². The van der Waals surface area contributed by atoms with Crippen molar-refractivity contribution in [1.29, 1.82) is 0 Å². The Morgan fingerprint density at radius 1 is 1.56 bits per heavy atom. The normalized spacial score (nSPS) is 35.9. The number of nitro groups is 1. The van der Waals surface area contributed by atoms with Crippen molar-refractivity contribution in [3.8, 4) is 0 Å². The minimum absolute atomic E-state index is 0.110. The maximum atomic E-state index is 11.1. The van der Waals surface area contributed by atoms with Gasteiger partial charge >= 0.3 is 0 Å². The average molecular weight is 226 g/mol. The topological polar surface area (TPSA) is 63.5 Å². The van der Waals surface area contributed by atoms with E-state index in [9.17, 15) is 14.9 Å². The summed E-state index contributed by atoms with van der Waals surface area (Å²) >= 11 is 0. The molecule has 1 aliphatic heterocycles. The molecule has 1 saturated heterocycles. The lowest BCUT2D eigenvalue weighted by molar-refractivity contribution is -0.545. The van der Waals surface area contributed by atoms with Crippen LogP contribution in [0.4, 0.5) is 0 Å². The number of hydrogen-bond acceptors (Lipinski definition) is 3. The van der Waals surface area contributed by atoms with E-state index in [1.54, 1.807) is 4.90 Å². The molecule has 2 aliphatic rings. The number of piperidine rings is 1. The van der Waals surface area contributed by atoms with Crippen LogP contribution < -0.4 is 0 Å². The monoisotopic (exact) mass is 226 g/mol. The van der Waals surface area contributed by atoms with Gasteiger partial charge in [-0.3, -0.25) is 14.9 Å². The zero-order chi connectivity index (χ0) is 11.8. The van der Waals surface area contributed by atoms with Crippen molar-refractivity contribution in [3.63, 3.8) is 0 Å². The maximum Gasteiger partial charge on any atom is 0.247 e. The van der Waals surface area contributed by atoms with Crippen molar-refractivity contribution in [3.05, 3.63) is 10.1 Å². The molecule has 0 N–H and O–H groups in total. The molecule has 1 aliphatic carbocycles. The number of carbonyl (C=O) groups excluding carboxylic acids is 1. The van der Waals surface area contributed by atoms with Crippen LogP contribution in [0.25, 0.3) is 0 Å². The molecule has 3 atom stereocenters. The lowest BCUT2D eigenvalue weighted by atomic mass is 10.00. The van der Waals surface area contributed by atoms with Crippen LogP contribution in [-0.4, -0.2) is 34.4 Å². The van der Waals surface area contributed by atoms with E-state index in [0.29, 0.717) is 13.0 Å². The molecule has 0 unspecified atom stereocenters. The molecule has 16 heavy (non-hydrogen) atoms. The minimum atomic E-state index is -0.783. The Kier molecular flexibility index (Phi) is 2.86. The van der Waals surface area contributed by atoms with E-state index in [1.807, 2.05) is 0 Å². The molecule has 0 radical (unpaired) electrons. The van der Waals surface area contributed by atoms with Crippen LogP contribution in [0.3, 0.4) is 0 Å². The minimum Gasteiger partial charge on any atom is -0.334 e. The van der Waals surface area contributed by atoms with Crippen LogP contribution in [0.2, 0.25) is 0 Å². The fraction of sp³-hybridized carbons (Fsp3) is 0.909. The van der Waals surface area contributed by atoms with Gasteiger partial charge in [0.1, 0.15) is 6.04 Å². The molecule has 1 amide bonds. The van der Waals surface area contributed by atoms with Crippen LogP contribution in [0.5, 0.6) is 0 Å². The summed E-state index contributed by atoms with van der Waals surface area (Å²) in [6.07, 6.45) is 5.40. The summed E-state index contributed by atoms with van der Waals surface area (Å²) < 4.78 is 0.